The molecule has 1 amide bonds. The molecule has 0 bridgehead atoms. The number of para-hydroxylation sites is 2. The van der Waals surface area contributed by atoms with Crippen molar-refractivity contribution in [3.63, 3.8) is 0 Å². The average Bonchev–Trinajstić information content (AvgIpc) is 3.24. The van der Waals surface area contributed by atoms with Crippen molar-refractivity contribution in [2.75, 3.05) is 5.32 Å². The van der Waals surface area contributed by atoms with E-state index < -0.39 is 5.82 Å². The van der Waals surface area contributed by atoms with Gasteiger partial charge in [-0.1, -0.05) is 30.3 Å². The Labute approximate surface area is 160 Å². The van der Waals surface area contributed by atoms with Crippen LogP contribution < -0.4 is 10.1 Å². The Balaban J connectivity index is 1.52. The minimum atomic E-state index is -0.397. The van der Waals surface area contributed by atoms with Gasteiger partial charge in [0.2, 0.25) is 0 Å². The number of amides is 1. The maximum atomic E-state index is 13.4. The first-order valence-electron chi connectivity index (χ1n) is 8.52. The Morgan fingerprint density at radius 1 is 1.00 bits per heavy atom. The summed E-state index contributed by atoms with van der Waals surface area (Å²) in [5.74, 6) is 0.698. The molecular formula is C22H15FN2O3. The quantitative estimate of drug-likeness (QED) is 0.499. The van der Waals surface area contributed by atoms with Crippen LogP contribution in [-0.2, 0) is 0 Å². The van der Waals surface area contributed by atoms with E-state index in [1.165, 1.54) is 18.5 Å². The molecule has 0 fully saturated rings. The number of aromatic nitrogens is 1. The number of nitrogens with zero attached hydrogens (tertiary/aromatic N) is 1. The number of halogens is 1. The fourth-order valence-corrected chi connectivity index (χ4v) is 2.66. The molecule has 28 heavy (non-hydrogen) atoms. The van der Waals surface area contributed by atoms with Crippen LogP contribution in [0.4, 0.5) is 10.1 Å². The maximum absolute atomic E-state index is 13.4. The van der Waals surface area contributed by atoms with Crippen LogP contribution in [0.2, 0.25) is 0 Å². The molecule has 0 radical (unpaired) electrons. The highest BCUT2D eigenvalue weighted by Crippen LogP contribution is 2.30. The molecule has 0 unspecified atom stereocenters. The van der Waals surface area contributed by atoms with Crippen molar-refractivity contribution in [1.82, 2.24) is 4.98 Å². The number of hydrogen-bond donors (Lipinski definition) is 1. The van der Waals surface area contributed by atoms with Crippen LogP contribution in [0.15, 0.2) is 89.8 Å². The highest BCUT2D eigenvalue weighted by Gasteiger charge is 2.11. The molecule has 0 spiro atoms. The summed E-state index contributed by atoms with van der Waals surface area (Å²) in [6.45, 7) is 0. The van der Waals surface area contributed by atoms with E-state index in [0.29, 0.717) is 28.5 Å². The summed E-state index contributed by atoms with van der Waals surface area (Å²) in [5.41, 5.74) is 1.78. The summed E-state index contributed by atoms with van der Waals surface area (Å²) >= 11 is 0. The lowest BCUT2D eigenvalue weighted by Crippen LogP contribution is -2.12. The summed E-state index contributed by atoms with van der Waals surface area (Å²) < 4.78 is 24.3. The van der Waals surface area contributed by atoms with Gasteiger partial charge in [0.05, 0.1) is 11.9 Å². The summed E-state index contributed by atoms with van der Waals surface area (Å²) in [6.07, 6.45) is 2.96. The van der Waals surface area contributed by atoms with Crippen LogP contribution in [0.1, 0.15) is 10.4 Å². The largest absolute Gasteiger partial charge is 0.455 e. The number of rotatable bonds is 5. The van der Waals surface area contributed by atoms with Gasteiger partial charge in [0.25, 0.3) is 5.91 Å². The second-order valence-corrected chi connectivity index (χ2v) is 5.95. The SMILES string of the molecule is O=C(Nc1ccccc1Oc1cccc(F)c1)c1ccc(-c2cnco2)cc1. The topological polar surface area (TPSA) is 64.4 Å². The van der Waals surface area contributed by atoms with E-state index in [-0.39, 0.29) is 5.91 Å². The Morgan fingerprint density at radius 3 is 2.57 bits per heavy atom. The van der Waals surface area contributed by atoms with Gasteiger partial charge in [0.1, 0.15) is 11.6 Å². The van der Waals surface area contributed by atoms with E-state index in [2.05, 4.69) is 10.3 Å². The molecule has 0 aliphatic heterocycles. The number of carbonyl (C=O) groups excluding carboxylic acids is 1. The van der Waals surface area contributed by atoms with E-state index >= 15 is 0 Å². The number of benzene rings is 3. The smallest absolute Gasteiger partial charge is 0.255 e. The van der Waals surface area contributed by atoms with Crippen LogP contribution in [0, 0.1) is 5.82 Å². The number of ether oxygens (including phenoxy) is 1. The summed E-state index contributed by atoms with van der Waals surface area (Å²) in [7, 11) is 0. The summed E-state index contributed by atoms with van der Waals surface area (Å²) in [5, 5.41) is 2.82. The van der Waals surface area contributed by atoms with Gasteiger partial charge in [-0.2, -0.15) is 0 Å². The Morgan fingerprint density at radius 2 is 1.82 bits per heavy atom. The predicted octanol–water partition coefficient (Wildman–Crippen LogP) is 5.53. The third-order valence-corrected chi connectivity index (χ3v) is 4.02. The minimum absolute atomic E-state index is 0.292. The lowest BCUT2D eigenvalue weighted by molar-refractivity contribution is 0.102. The average molecular weight is 374 g/mol. The summed E-state index contributed by atoms with van der Waals surface area (Å²) in [6, 6.07) is 19.7. The van der Waals surface area contributed by atoms with E-state index in [9.17, 15) is 9.18 Å². The van der Waals surface area contributed by atoms with E-state index in [1.807, 2.05) is 0 Å². The van der Waals surface area contributed by atoms with Crippen LogP contribution >= 0.6 is 0 Å². The first-order chi connectivity index (χ1) is 13.7. The van der Waals surface area contributed by atoms with Crippen molar-refractivity contribution in [2.24, 2.45) is 0 Å². The van der Waals surface area contributed by atoms with Crippen molar-refractivity contribution in [3.8, 4) is 22.8 Å². The lowest BCUT2D eigenvalue weighted by Gasteiger charge is -2.12. The minimum Gasteiger partial charge on any atom is -0.455 e. The van der Waals surface area contributed by atoms with Gasteiger partial charge in [-0.15, -0.1) is 0 Å². The molecule has 0 saturated carbocycles. The Kier molecular flexibility index (Phi) is 4.84. The van der Waals surface area contributed by atoms with Gasteiger partial charge >= 0.3 is 0 Å². The molecule has 3 aromatic carbocycles. The number of oxazole rings is 1. The van der Waals surface area contributed by atoms with Crippen molar-refractivity contribution in [1.29, 1.82) is 0 Å². The van der Waals surface area contributed by atoms with Crippen molar-refractivity contribution >= 4 is 11.6 Å². The molecule has 0 atom stereocenters. The van der Waals surface area contributed by atoms with Gasteiger partial charge < -0.3 is 14.5 Å². The van der Waals surface area contributed by atoms with Crippen LogP contribution in [0.5, 0.6) is 11.5 Å². The molecule has 1 N–H and O–H groups in total. The first-order valence-corrected chi connectivity index (χ1v) is 8.52. The molecular weight excluding hydrogens is 359 g/mol. The van der Waals surface area contributed by atoms with E-state index in [0.717, 1.165) is 5.56 Å². The number of carbonyl (C=O) groups is 1. The number of hydrogen-bond acceptors (Lipinski definition) is 4. The molecule has 0 aliphatic rings. The van der Waals surface area contributed by atoms with E-state index in [4.69, 9.17) is 9.15 Å². The highest BCUT2D eigenvalue weighted by molar-refractivity contribution is 6.05. The molecule has 5 nitrogen and oxygen atoms in total. The van der Waals surface area contributed by atoms with Gasteiger partial charge in [-0.05, 0) is 36.4 Å². The van der Waals surface area contributed by atoms with Gasteiger partial charge in [0.15, 0.2) is 17.9 Å². The van der Waals surface area contributed by atoms with Gasteiger partial charge in [-0.25, -0.2) is 9.37 Å². The highest BCUT2D eigenvalue weighted by atomic mass is 19.1. The fourth-order valence-electron chi connectivity index (χ4n) is 2.66. The predicted molar refractivity (Wildman–Crippen MR) is 103 cm³/mol. The van der Waals surface area contributed by atoms with Crippen LogP contribution in [0.3, 0.4) is 0 Å². The third-order valence-electron chi connectivity index (χ3n) is 4.02. The Bertz CT molecular complexity index is 1090. The normalized spacial score (nSPS) is 10.5. The summed E-state index contributed by atoms with van der Waals surface area (Å²) in [4.78, 5) is 16.5. The molecule has 1 heterocycles. The van der Waals surface area contributed by atoms with E-state index in [1.54, 1.807) is 66.9 Å². The van der Waals surface area contributed by atoms with Gasteiger partial charge in [-0.3, -0.25) is 4.79 Å². The zero-order valence-electron chi connectivity index (χ0n) is 14.6. The van der Waals surface area contributed by atoms with Crippen molar-refractivity contribution in [3.05, 3.63) is 96.8 Å². The molecule has 138 valence electrons. The molecule has 6 heteroatoms. The Hall–Kier alpha value is -3.93. The lowest BCUT2D eigenvalue weighted by atomic mass is 10.1. The van der Waals surface area contributed by atoms with Crippen LogP contribution in [0.25, 0.3) is 11.3 Å². The zero-order chi connectivity index (χ0) is 19.3. The second kappa shape index (κ2) is 7.75. The molecule has 4 aromatic rings. The first kappa shape index (κ1) is 17.5. The molecule has 4 rings (SSSR count). The molecule has 0 aliphatic carbocycles. The van der Waals surface area contributed by atoms with Gasteiger partial charge in [0, 0.05) is 17.2 Å². The number of nitrogens with one attached hydrogen (secondary N) is 1. The molecule has 1 aromatic heterocycles. The maximum Gasteiger partial charge on any atom is 0.255 e. The second-order valence-electron chi connectivity index (χ2n) is 5.95. The third kappa shape index (κ3) is 3.91. The zero-order valence-corrected chi connectivity index (χ0v) is 14.6. The molecule has 0 saturated heterocycles. The van der Waals surface area contributed by atoms with Crippen LogP contribution in [-0.4, -0.2) is 10.9 Å². The number of anilines is 1. The fraction of sp³-hybridized carbons (Fsp3) is 0. The van der Waals surface area contributed by atoms with Crippen molar-refractivity contribution < 1.29 is 18.3 Å². The monoisotopic (exact) mass is 374 g/mol. The standard InChI is InChI=1S/C22H15FN2O3/c23-17-4-3-5-18(12-17)28-20-7-2-1-6-19(20)25-22(26)16-10-8-15(9-11-16)21-13-24-14-27-21/h1-14H,(H,25,26). The van der Waals surface area contributed by atoms with Crippen molar-refractivity contribution in [2.45, 2.75) is 0 Å².